The molecule has 45 heavy (non-hydrogen) atoms. The molecule has 0 saturated carbocycles. The van der Waals surface area contributed by atoms with Crippen LogP contribution in [0.5, 0.6) is 0 Å². The lowest BCUT2D eigenvalue weighted by molar-refractivity contribution is -0.137. The largest absolute Gasteiger partial charge is 0.449 e. The first-order valence-corrected chi connectivity index (χ1v) is 15.4. The smallest absolute Gasteiger partial charge is 0.416 e. The number of alkyl carbamates (subject to hydrolysis) is 1. The van der Waals surface area contributed by atoms with Crippen LogP contribution in [-0.2, 0) is 27.5 Å². The molecule has 0 atom stereocenters. The van der Waals surface area contributed by atoms with Gasteiger partial charge in [0.1, 0.15) is 0 Å². The first-order chi connectivity index (χ1) is 21.1. The van der Waals surface area contributed by atoms with Gasteiger partial charge in [-0.1, -0.05) is 74.8 Å². The van der Waals surface area contributed by atoms with Crippen molar-refractivity contribution in [3.8, 4) is 22.4 Å². The lowest BCUT2D eigenvalue weighted by atomic mass is 9.97. The molecule has 0 radical (unpaired) electrons. The highest BCUT2D eigenvalue weighted by atomic mass is 35.5. The zero-order valence-electron chi connectivity index (χ0n) is 24.5. The topological polar surface area (TPSA) is 110 Å². The minimum atomic E-state index is -4.50. The molecule has 1 aromatic heterocycles. The van der Waals surface area contributed by atoms with Crippen molar-refractivity contribution in [2.24, 2.45) is 9.81 Å². The molecule has 0 spiro atoms. The van der Waals surface area contributed by atoms with Crippen LogP contribution in [0.15, 0.2) is 100 Å². The maximum absolute atomic E-state index is 13.2. The number of hydrogen-bond acceptors (Lipinski definition) is 5. The van der Waals surface area contributed by atoms with Gasteiger partial charge in [-0.3, -0.25) is 10.3 Å². The van der Waals surface area contributed by atoms with Crippen molar-refractivity contribution in [1.82, 2.24) is 15.6 Å². The van der Waals surface area contributed by atoms with E-state index in [-0.39, 0.29) is 23.5 Å². The summed E-state index contributed by atoms with van der Waals surface area (Å²) in [6.45, 7) is 5.58. The molecule has 13 heteroatoms. The van der Waals surface area contributed by atoms with Crippen molar-refractivity contribution in [1.29, 1.82) is 0 Å². The first kappa shape index (κ1) is 33.5. The molecule has 0 bridgehead atoms. The molecule has 236 valence electrons. The number of pyridine rings is 1. The van der Waals surface area contributed by atoms with Gasteiger partial charge in [-0.05, 0) is 59.0 Å². The van der Waals surface area contributed by atoms with E-state index in [9.17, 15) is 26.4 Å². The van der Waals surface area contributed by atoms with Crippen molar-refractivity contribution in [3.05, 3.63) is 107 Å². The van der Waals surface area contributed by atoms with E-state index in [1.807, 2.05) is 20.8 Å². The summed E-state index contributed by atoms with van der Waals surface area (Å²) >= 11 is 6.05. The standard InChI is InChI=1S/C32H30ClF3N4O4S/c1-31(2,3)20-44-30(41)39-29(40-45(42,43)26-7-5-4-6-8-26)38-19-21-17-27(22-9-13-24(14-10-22)32(34,35)36)28(37-18-21)23-11-15-25(33)16-12-23/h4-18H,19-20H2,1-3H3,(H2,38,39,40,41). The molecule has 0 aliphatic heterocycles. The van der Waals surface area contributed by atoms with E-state index in [1.54, 1.807) is 36.4 Å². The highest BCUT2D eigenvalue weighted by Gasteiger charge is 2.30. The predicted molar refractivity (Wildman–Crippen MR) is 167 cm³/mol. The molecular weight excluding hydrogens is 629 g/mol. The number of sulfonamides is 1. The molecule has 4 rings (SSSR count). The van der Waals surface area contributed by atoms with Crippen molar-refractivity contribution < 1.29 is 31.1 Å². The molecule has 0 aliphatic rings. The SMILES string of the molecule is CC(C)(C)COC(=O)N/C(=N\S(=O)(=O)c1ccccc1)NCc1cnc(-c2ccc(Cl)cc2)c(-c2ccc(C(F)(F)F)cc2)c1. The van der Waals surface area contributed by atoms with Gasteiger partial charge in [0.2, 0.25) is 5.96 Å². The van der Waals surface area contributed by atoms with Crippen molar-refractivity contribution in [2.75, 3.05) is 6.61 Å². The number of benzene rings is 3. The fourth-order valence-corrected chi connectivity index (χ4v) is 5.05. The van der Waals surface area contributed by atoms with Gasteiger partial charge in [0, 0.05) is 28.9 Å². The van der Waals surface area contributed by atoms with Crippen molar-refractivity contribution >= 4 is 33.7 Å². The summed E-state index contributed by atoms with van der Waals surface area (Å²) in [4.78, 5) is 17.0. The number of alkyl halides is 3. The Labute approximate surface area is 264 Å². The second kappa shape index (κ2) is 13.7. The van der Waals surface area contributed by atoms with Gasteiger partial charge in [-0.2, -0.15) is 21.6 Å². The van der Waals surface area contributed by atoms with Gasteiger partial charge in [-0.25, -0.2) is 4.79 Å². The summed E-state index contributed by atoms with van der Waals surface area (Å²) in [5, 5.41) is 5.67. The van der Waals surface area contributed by atoms with Gasteiger partial charge < -0.3 is 10.1 Å². The van der Waals surface area contributed by atoms with E-state index in [2.05, 4.69) is 20.0 Å². The molecule has 0 aliphatic carbocycles. The van der Waals surface area contributed by atoms with E-state index in [1.165, 1.54) is 42.6 Å². The van der Waals surface area contributed by atoms with Crippen molar-refractivity contribution in [3.63, 3.8) is 0 Å². The van der Waals surface area contributed by atoms with Gasteiger partial charge >= 0.3 is 12.3 Å². The minimum absolute atomic E-state index is 0.0596. The summed E-state index contributed by atoms with van der Waals surface area (Å²) in [6, 6.07) is 20.7. The zero-order valence-corrected chi connectivity index (χ0v) is 26.1. The van der Waals surface area contributed by atoms with Crippen LogP contribution in [0.1, 0.15) is 31.9 Å². The number of carbonyl (C=O) groups is 1. The molecule has 1 amide bonds. The second-order valence-electron chi connectivity index (χ2n) is 11.2. The fourth-order valence-electron chi connectivity index (χ4n) is 3.97. The number of carbonyl (C=O) groups excluding carboxylic acids is 1. The lowest BCUT2D eigenvalue weighted by Crippen LogP contribution is -2.42. The van der Waals surface area contributed by atoms with Gasteiger partial charge in [0.15, 0.2) is 0 Å². The van der Waals surface area contributed by atoms with E-state index < -0.39 is 33.8 Å². The zero-order chi connectivity index (χ0) is 32.8. The van der Waals surface area contributed by atoms with E-state index in [4.69, 9.17) is 16.3 Å². The molecule has 1 heterocycles. The summed E-state index contributed by atoms with van der Waals surface area (Å²) in [5.74, 6) is -0.393. The predicted octanol–water partition coefficient (Wildman–Crippen LogP) is 7.69. The van der Waals surface area contributed by atoms with E-state index in [0.29, 0.717) is 33.0 Å². The van der Waals surface area contributed by atoms with E-state index in [0.717, 1.165) is 12.1 Å². The van der Waals surface area contributed by atoms with Crippen LogP contribution in [0.25, 0.3) is 22.4 Å². The third-order valence-corrected chi connectivity index (χ3v) is 7.70. The quantitative estimate of drug-likeness (QED) is 0.156. The van der Waals surface area contributed by atoms with Crippen molar-refractivity contribution in [2.45, 2.75) is 38.4 Å². The van der Waals surface area contributed by atoms with Gasteiger partial charge in [0.25, 0.3) is 10.0 Å². The Morgan fingerprint density at radius 3 is 2.16 bits per heavy atom. The number of rotatable bonds is 7. The molecule has 3 aromatic carbocycles. The number of guanidine groups is 1. The fraction of sp³-hybridized carbons (Fsp3) is 0.219. The number of ether oxygens (including phenoxy) is 1. The summed E-state index contributed by atoms with van der Waals surface area (Å²) < 4.78 is 74.7. The van der Waals surface area contributed by atoms with Crippen LogP contribution in [0, 0.1) is 5.41 Å². The Morgan fingerprint density at radius 1 is 0.933 bits per heavy atom. The number of nitrogens with one attached hydrogen (secondary N) is 2. The van der Waals surface area contributed by atoms with Crippen LogP contribution < -0.4 is 10.6 Å². The van der Waals surface area contributed by atoms with E-state index >= 15 is 0 Å². The van der Waals surface area contributed by atoms with Gasteiger partial charge in [0.05, 0.1) is 22.8 Å². The van der Waals surface area contributed by atoms with Crippen LogP contribution in [-0.4, -0.2) is 32.1 Å². The highest BCUT2D eigenvalue weighted by molar-refractivity contribution is 7.90. The van der Waals surface area contributed by atoms with Crippen LogP contribution >= 0.6 is 11.6 Å². The summed E-state index contributed by atoms with van der Waals surface area (Å²) in [7, 11) is -4.23. The normalized spacial score (nSPS) is 12.5. The molecule has 4 aromatic rings. The monoisotopic (exact) mass is 658 g/mol. The maximum Gasteiger partial charge on any atom is 0.416 e. The number of nitrogens with zero attached hydrogens (tertiary/aromatic N) is 2. The third kappa shape index (κ3) is 9.53. The Morgan fingerprint density at radius 2 is 1.56 bits per heavy atom. The lowest BCUT2D eigenvalue weighted by Gasteiger charge is -2.19. The number of aromatic nitrogens is 1. The molecule has 8 nitrogen and oxygen atoms in total. The van der Waals surface area contributed by atoms with Crippen LogP contribution in [0.4, 0.5) is 18.0 Å². The highest BCUT2D eigenvalue weighted by Crippen LogP contribution is 2.35. The molecule has 0 fully saturated rings. The number of hydrogen-bond donors (Lipinski definition) is 2. The minimum Gasteiger partial charge on any atom is -0.449 e. The van der Waals surface area contributed by atoms with Gasteiger partial charge in [-0.15, -0.1) is 4.40 Å². The summed E-state index contributed by atoms with van der Waals surface area (Å²) in [6.07, 6.45) is -3.90. The first-order valence-electron chi connectivity index (χ1n) is 13.6. The van der Waals surface area contributed by atoms with Crippen LogP contribution in [0.2, 0.25) is 5.02 Å². The maximum atomic E-state index is 13.2. The Kier molecular flexibility index (Phi) is 10.2. The van der Waals surface area contributed by atoms with Crippen LogP contribution in [0.3, 0.4) is 0 Å². The Hall–Kier alpha value is -4.42. The molecule has 0 unspecified atom stereocenters. The second-order valence-corrected chi connectivity index (χ2v) is 13.2. The Balaban J connectivity index is 1.68. The third-order valence-electron chi connectivity index (χ3n) is 6.15. The molecular formula is C32H30ClF3N4O4S. The molecule has 0 saturated heterocycles. The average Bonchev–Trinajstić information content (AvgIpc) is 2.99. The average molecular weight is 659 g/mol. The number of amides is 1. The number of halogens is 4. The molecule has 2 N–H and O–H groups in total. The summed E-state index contributed by atoms with van der Waals surface area (Å²) in [5.41, 5.74) is 1.51. The Bertz CT molecular complexity index is 1770.